The molecule has 0 fully saturated rings. The highest BCUT2D eigenvalue weighted by atomic mass is 35.5. The van der Waals surface area contributed by atoms with Crippen LogP contribution >= 0.6 is 11.6 Å². The van der Waals surface area contributed by atoms with E-state index in [-0.39, 0.29) is 0 Å². The molecule has 118 valence electrons. The molecular formula is C17H20ClNO3. The number of hydrogen-bond donors (Lipinski definition) is 1. The van der Waals surface area contributed by atoms with Gasteiger partial charge in [0.25, 0.3) is 0 Å². The van der Waals surface area contributed by atoms with Crippen LogP contribution in [-0.4, -0.2) is 24.8 Å². The van der Waals surface area contributed by atoms with Gasteiger partial charge in [0.05, 0.1) is 11.6 Å². The predicted octanol–water partition coefficient (Wildman–Crippen LogP) is 4.40. The first kappa shape index (κ1) is 16.4. The van der Waals surface area contributed by atoms with E-state index in [1.807, 2.05) is 57.2 Å². The number of carbonyl (C=O) groups is 1. The molecule has 0 radical (unpaired) electrons. The minimum atomic E-state index is -0.507. The lowest BCUT2D eigenvalue weighted by atomic mass is 10.1. The number of benzene rings is 2. The van der Waals surface area contributed by atoms with E-state index in [1.165, 1.54) is 0 Å². The monoisotopic (exact) mass is 321 g/mol. The van der Waals surface area contributed by atoms with Crippen LogP contribution in [0.15, 0.2) is 36.4 Å². The standard InChI is InChI=1S/C17H20ClNO3/c1-17(2,3)22-16(20)19-10-11-21-14-9-8-12-6-4-5-7-13(12)15(14)18/h4-9H,10-11H2,1-3H3,(H,19,20). The Morgan fingerprint density at radius 2 is 1.91 bits per heavy atom. The van der Waals surface area contributed by atoms with Crippen LogP contribution in [0.3, 0.4) is 0 Å². The quantitative estimate of drug-likeness (QED) is 0.849. The second-order valence-electron chi connectivity index (χ2n) is 5.88. The number of hydrogen-bond acceptors (Lipinski definition) is 3. The molecule has 0 aromatic heterocycles. The first-order valence-corrected chi connectivity index (χ1v) is 7.51. The maximum atomic E-state index is 11.5. The molecule has 0 unspecified atom stereocenters. The minimum absolute atomic E-state index is 0.317. The van der Waals surface area contributed by atoms with Gasteiger partial charge in [-0.2, -0.15) is 0 Å². The number of rotatable bonds is 4. The van der Waals surface area contributed by atoms with Gasteiger partial charge >= 0.3 is 6.09 Å². The summed E-state index contributed by atoms with van der Waals surface area (Å²) in [4.78, 5) is 11.5. The lowest BCUT2D eigenvalue weighted by Crippen LogP contribution is -2.34. The molecular weight excluding hydrogens is 302 g/mol. The zero-order chi connectivity index (χ0) is 16.2. The van der Waals surface area contributed by atoms with Crippen LogP contribution in [-0.2, 0) is 4.74 Å². The minimum Gasteiger partial charge on any atom is -0.490 e. The van der Waals surface area contributed by atoms with E-state index in [4.69, 9.17) is 21.1 Å². The molecule has 5 heteroatoms. The third-order valence-electron chi connectivity index (χ3n) is 2.86. The Labute approximate surface area is 135 Å². The molecule has 0 aliphatic rings. The van der Waals surface area contributed by atoms with Gasteiger partial charge in [-0.15, -0.1) is 0 Å². The third-order valence-corrected chi connectivity index (χ3v) is 3.25. The zero-order valence-electron chi connectivity index (χ0n) is 13.0. The van der Waals surface area contributed by atoms with Crippen LogP contribution < -0.4 is 10.1 Å². The van der Waals surface area contributed by atoms with Gasteiger partial charge in [-0.25, -0.2) is 4.79 Å². The Morgan fingerprint density at radius 1 is 1.18 bits per heavy atom. The zero-order valence-corrected chi connectivity index (χ0v) is 13.7. The maximum Gasteiger partial charge on any atom is 0.407 e. The summed E-state index contributed by atoms with van der Waals surface area (Å²) in [5.41, 5.74) is -0.507. The number of amides is 1. The fourth-order valence-electron chi connectivity index (χ4n) is 1.95. The summed E-state index contributed by atoms with van der Waals surface area (Å²) >= 11 is 6.33. The number of nitrogens with one attached hydrogen (secondary N) is 1. The summed E-state index contributed by atoms with van der Waals surface area (Å²) in [6.07, 6.45) is -0.458. The van der Waals surface area contributed by atoms with E-state index in [9.17, 15) is 4.79 Å². The van der Waals surface area contributed by atoms with Crippen molar-refractivity contribution in [2.24, 2.45) is 0 Å². The first-order chi connectivity index (χ1) is 10.4. The molecule has 1 N–H and O–H groups in total. The second kappa shape index (κ2) is 6.88. The smallest absolute Gasteiger partial charge is 0.407 e. The molecule has 1 amide bonds. The summed E-state index contributed by atoms with van der Waals surface area (Å²) in [6, 6.07) is 11.6. The average molecular weight is 322 g/mol. The Morgan fingerprint density at radius 3 is 2.64 bits per heavy atom. The van der Waals surface area contributed by atoms with Gasteiger partial charge in [0.1, 0.15) is 18.0 Å². The van der Waals surface area contributed by atoms with E-state index >= 15 is 0 Å². The molecule has 0 saturated heterocycles. The van der Waals surface area contributed by atoms with Crippen molar-refractivity contribution in [1.82, 2.24) is 5.32 Å². The van der Waals surface area contributed by atoms with Gasteiger partial charge in [0, 0.05) is 5.39 Å². The van der Waals surface area contributed by atoms with Crippen LogP contribution in [0.2, 0.25) is 5.02 Å². The predicted molar refractivity (Wildman–Crippen MR) is 88.7 cm³/mol. The van der Waals surface area contributed by atoms with Crippen LogP contribution in [0, 0.1) is 0 Å². The van der Waals surface area contributed by atoms with Crippen LogP contribution in [0.5, 0.6) is 5.75 Å². The fraction of sp³-hybridized carbons (Fsp3) is 0.353. The summed E-state index contributed by atoms with van der Waals surface area (Å²) in [6.45, 7) is 6.11. The van der Waals surface area contributed by atoms with Gasteiger partial charge in [-0.05, 0) is 32.2 Å². The molecule has 0 spiro atoms. The fourth-order valence-corrected chi connectivity index (χ4v) is 2.24. The lowest BCUT2D eigenvalue weighted by Gasteiger charge is -2.19. The van der Waals surface area contributed by atoms with Crippen molar-refractivity contribution in [3.05, 3.63) is 41.4 Å². The maximum absolute atomic E-state index is 11.5. The van der Waals surface area contributed by atoms with Crippen molar-refractivity contribution < 1.29 is 14.3 Å². The topological polar surface area (TPSA) is 47.6 Å². The largest absolute Gasteiger partial charge is 0.490 e. The second-order valence-corrected chi connectivity index (χ2v) is 6.25. The molecule has 0 bridgehead atoms. The number of halogens is 1. The normalized spacial score (nSPS) is 11.3. The molecule has 2 rings (SSSR count). The summed E-state index contributed by atoms with van der Waals surface area (Å²) in [7, 11) is 0. The van der Waals surface area contributed by atoms with Crippen molar-refractivity contribution >= 4 is 28.5 Å². The molecule has 0 heterocycles. The van der Waals surface area contributed by atoms with Gasteiger partial charge in [0.15, 0.2) is 0 Å². The van der Waals surface area contributed by atoms with E-state index in [1.54, 1.807) is 0 Å². The molecule has 2 aromatic carbocycles. The number of ether oxygens (including phenoxy) is 2. The SMILES string of the molecule is CC(C)(C)OC(=O)NCCOc1ccc2ccccc2c1Cl. The van der Waals surface area contributed by atoms with Crippen LogP contribution in [0.4, 0.5) is 4.79 Å². The first-order valence-electron chi connectivity index (χ1n) is 7.14. The number of fused-ring (bicyclic) bond motifs is 1. The van der Waals surface area contributed by atoms with Gasteiger partial charge < -0.3 is 14.8 Å². The molecule has 0 saturated carbocycles. The van der Waals surface area contributed by atoms with Crippen molar-refractivity contribution in [2.45, 2.75) is 26.4 Å². The van der Waals surface area contributed by atoms with E-state index in [0.717, 1.165) is 10.8 Å². The van der Waals surface area contributed by atoms with E-state index in [0.29, 0.717) is 23.9 Å². The molecule has 2 aromatic rings. The summed E-state index contributed by atoms with van der Waals surface area (Å²) in [5, 5.41) is 5.22. The van der Waals surface area contributed by atoms with Gasteiger partial charge in [-0.1, -0.05) is 41.9 Å². The highest BCUT2D eigenvalue weighted by molar-refractivity contribution is 6.37. The highest BCUT2D eigenvalue weighted by Gasteiger charge is 2.15. The van der Waals surface area contributed by atoms with E-state index in [2.05, 4.69) is 5.32 Å². The average Bonchev–Trinajstić information content (AvgIpc) is 2.44. The van der Waals surface area contributed by atoms with Crippen LogP contribution in [0.1, 0.15) is 20.8 Å². The van der Waals surface area contributed by atoms with Crippen molar-refractivity contribution in [3.63, 3.8) is 0 Å². The Bertz CT molecular complexity index is 664. The molecule has 0 atom stereocenters. The van der Waals surface area contributed by atoms with Gasteiger partial charge in [0.2, 0.25) is 0 Å². The Balaban J connectivity index is 1.88. The Hall–Kier alpha value is -1.94. The highest BCUT2D eigenvalue weighted by Crippen LogP contribution is 2.32. The third kappa shape index (κ3) is 4.53. The van der Waals surface area contributed by atoms with E-state index < -0.39 is 11.7 Å². The van der Waals surface area contributed by atoms with Crippen LogP contribution in [0.25, 0.3) is 10.8 Å². The van der Waals surface area contributed by atoms with Crippen molar-refractivity contribution in [1.29, 1.82) is 0 Å². The van der Waals surface area contributed by atoms with Crippen molar-refractivity contribution in [2.75, 3.05) is 13.2 Å². The molecule has 4 nitrogen and oxygen atoms in total. The summed E-state index contributed by atoms with van der Waals surface area (Å²) < 4.78 is 10.8. The number of alkyl carbamates (subject to hydrolysis) is 1. The van der Waals surface area contributed by atoms with Crippen molar-refractivity contribution in [3.8, 4) is 5.75 Å². The molecule has 0 aliphatic carbocycles. The molecule has 0 aliphatic heterocycles. The molecule has 22 heavy (non-hydrogen) atoms. The summed E-state index contributed by atoms with van der Waals surface area (Å²) in [5.74, 6) is 0.603. The Kier molecular flexibility index (Phi) is 5.14. The number of carbonyl (C=O) groups excluding carboxylic acids is 1. The lowest BCUT2D eigenvalue weighted by molar-refractivity contribution is 0.0520. The van der Waals surface area contributed by atoms with Gasteiger partial charge in [-0.3, -0.25) is 0 Å².